The highest BCUT2D eigenvalue weighted by atomic mass is 16.7. The zero-order valence-electron chi connectivity index (χ0n) is 17.2. The molecular weight excluding hydrogens is 396 g/mol. The van der Waals surface area contributed by atoms with Gasteiger partial charge in [0.15, 0.2) is 17.6 Å². The van der Waals surface area contributed by atoms with E-state index in [9.17, 15) is 9.59 Å². The number of anilines is 1. The third kappa shape index (κ3) is 3.95. The quantitative estimate of drug-likeness (QED) is 0.713. The summed E-state index contributed by atoms with van der Waals surface area (Å²) in [6, 6.07) is 12.9. The molecule has 0 aromatic heterocycles. The first-order valence-corrected chi connectivity index (χ1v) is 10.6. The Morgan fingerprint density at radius 2 is 1.74 bits per heavy atom. The summed E-state index contributed by atoms with van der Waals surface area (Å²) in [6.45, 7) is 1.89. The van der Waals surface area contributed by atoms with Gasteiger partial charge in [-0.05, 0) is 55.2 Å². The van der Waals surface area contributed by atoms with Crippen LogP contribution in [0.1, 0.15) is 24.8 Å². The number of likely N-dealkylation sites (tertiary alicyclic amines) is 1. The molecule has 7 nitrogen and oxygen atoms in total. The highest BCUT2D eigenvalue weighted by Crippen LogP contribution is 2.35. The molecular formula is C24H24N2O5. The molecule has 160 valence electrons. The summed E-state index contributed by atoms with van der Waals surface area (Å²) in [5, 5.41) is 0. The number of piperidine rings is 1. The Labute approximate surface area is 180 Å². The number of rotatable bonds is 3. The van der Waals surface area contributed by atoms with E-state index >= 15 is 0 Å². The van der Waals surface area contributed by atoms with E-state index in [2.05, 4.69) is 0 Å². The number of hydrogen-bond acceptors (Lipinski definition) is 5. The molecule has 0 bridgehead atoms. The van der Waals surface area contributed by atoms with Crippen LogP contribution in [-0.2, 0) is 9.59 Å². The monoisotopic (exact) mass is 420 g/mol. The van der Waals surface area contributed by atoms with Crippen LogP contribution in [0.3, 0.4) is 0 Å². The van der Waals surface area contributed by atoms with Gasteiger partial charge in [-0.1, -0.05) is 18.2 Å². The van der Waals surface area contributed by atoms with Gasteiger partial charge < -0.3 is 24.0 Å². The summed E-state index contributed by atoms with van der Waals surface area (Å²) in [6.07, 6.45) is 5.72. The normalized spacial score (nSPS) is 19.8. The Hall–Kier alpha value is -3.48. The van der Waals surface area contributed by atoms with Crippen LogP contribution in [0, 0.1) is 0 Å². The SMILES string of the molecule is O=C(C1CN(C(=O)/C=C/c2ccc3c(c2)OCO3)c2ccccc2O1)N1CCCCC1. The van der Waals surface area contributed by atoms with E-state index in [0.717, 1.165) is 37.9 Å². The smallest absolute Gasteiger partial charge is 0.265 e. The molecule has 0 spiro atoms. The number of benzene rings is 2. The molecule has 1 fully saturated rings. The fourth-order valence-corrected chi connectivity index (χ4v) is 4.16. The lowest BCUT2D eigenvalue weighted by Gasteiger charge is -2.37. The average Bonchev–Trinajstić information content (AvgIpc) is 3.30. The van der Waals surface area contributed by atoms with Gasteiger partial charge in [-0.3, -0.25) is 9.59 Å². The van der Waals surface area contributed by atoms with Crippen molar-refractivity contribution in [1.29, 1.82) is 0 Å². The number of ether oxygens (including phenoxy) is 3. The van der Waals surface area contributed by atoms with Gasteiger partial charge in [0.25, 0.3) is 11.8 Å². The highest BCUT2D eigenvalue weighted by Gasteiger charge is 2.35. The molecule has 2 amide bonds. The lowest BCUT2D eigenvalue weighted by atomic mass is 10.1. The van der Waals surface area contributed by atoms with Crippen LogP contribution in [-0.4, -0.2) is 49.2 Å². The van der Waals surface area contributed by atoms with Gasteiger partial charge in [0.05, 0.1) is 12.2 Å². The minimum Gasteiger partial charge on any atom is -0.476 e. The first kappa shape index (κ1) is 19.5. The largest absolute Gasteiger partial charge is 0.476 e. The molecule has 0 saturated carbocycles. The fraction of sp³-hybridized carbons (Fsp3) is 0.333. The summed E-state index contributed by atoms with van der Waals surface area (Å²) >= 11 is 0. The molecule has 31 heavy (non-hydrogen) atoms. The van der Waals surface area contributed by atoms with Crippen molar-refractivity contribution in [2.45, 2.75) is 25.4 Å². The number of hydrogen-bond donors (Lipinski definition) is 0. The van der Waals surface area contributed by atoms with Crippen LogP contribution in [0.2, 0.25) is 0 Å². The molecule has 3 heterocycles. The van der Waals surface area contributed by atoms with Gasteiger partial charge in [0, 0.05) is 19.2 Å². The van der Waals surface area contributed by atoms with Crippen LogP contribution >= 0.6 is 0 Å². The third-order valence-electron chi connectivity index (χ3n) is 5.80. The van der Waals surface area contributed by atoms with E-state index in [0.29, 0.717) is 22.9 Å². The molecule has 3 aliphatic rings. The number of fused-ring (bicyclic) bond motifs is 2. The number of nitrogens with zero attached hydrogens (tertiary/aromatic N) is 2. The van der Waals surface area contributed by atoms with E-state index in [4.69, 9.17) is 14.2 Å². The molecule has 7 heteroatoms. The van der Waals surface area contributed by atoms with Gasteiger partial charge in [-0.2, -0.15) is 0 Å². The predicted octanol–water partition coefficient (Wildman–Crippen LogP) is 3.24. The zero-order chi connectivity index (χ0) is 21.2. The molecule has 0 radical (unpaired) electrons. The Bertz CT molecular complexity index is 1030. The Kier molecular flexibility index (Phi) is 5.24. The van der Waals surface area contributed by atoms with E-state index < -0.39 is 6.10 Å². The minimum absolute atomic E-state index is 0.0493. The van der Waals surface area contributed by atoms with Crippen LogP contribution < -0.4 is 19.1 Å². The van der Waals surface area contributed by atoms with Crippen molar-refractivity contribution in [3.8, 4) is 17.2 Å². The number of para-hydroxylation sites is 2. The van der Waals surface area contributed by atoms with Crippen molar-refractivity contribution >= 4 is 23.6 Å². The van der Waals surface area contributed by atoms with Crippen molar-refractivity contribution in [3.05, 3.63) is 54.1 Å². The van der Waals surface area contributed by atoms with Gasteiger partial charge in [0.2, 0.25) is 6.79 Å². The molecule has 1 atom stereocenters. The van der Waals surface area contributed by atoms with Crippen molar-refractivity contribution in [2.24, 2.45) is 0 Å². The van der Waals surface area contributed by atoms with Crippen molar-refractivity contribution in [3.63, 3.8) is 0 Å². The fourth-order valence-electron chi connectivity index (χ4n) is 4.16. The maximum absolute atomic E-state index is 13.1. The summed E-state index contributed by atoms with van der Waals surface area (Å²) < 4.78 is 16.7. The van der Waals surface area contributed by atoms with Gasteiger partial charge in [-0.25, -0.2) is 0 Å². The van der Waals surface area contributed by atoms with Crippen molar-refractivity contribution < 1.29 is 23.8 Å². The maximum atomic E-state index is 13.1. The number of carbonyl (C=O) groups excluding carboxylic acids is 2. The van der Waals surface area contributed by atoms with E-state index in [1.165, 1.54) is 6.08 Å². The van der Waals surface area contributed by atoms with E-state index in [1.54, 1.807) is 17.0 Å². The topological polar surface area (TPSA) is 68.3 Å². The molecule has 0 N–H and O–H groups in total. The lowest BCUT2D eigenvalue weighted by Crippen LogP contribution is -2.52. The zero-order valence-corrected chi connectivity index (χ0v) is 17.2. The molecule has 2 aromatic carbocycles. The molecule has 2 aromatic rings. The predicted molar refractivity (Wildman–Crippen MR) is 115 cm³/mol. The highest BCUT2D eigenvalue weighted by molar-refractivity contribution is 6.05. The standard InChI is InChI=1S/C24H24N2O5/c27-23(11-9-17-8-10-20-21(14-17)30-16-29-20)26-15-22(24(28)25-12-4-1-5-13-25)31-19-7-3-2-6-18(19)26/h2-3,6-11,14,22H,1,4-5,12-13,15-16H2/b11-9+. The first-order chi connectivity index (χ1) is 15.2. The molecule has 1 unspecified atom stereocenters. The van der Waals surface area contributed by atoms with Crippen molar-refractivity contribution in [2.75, 3.05) is 31.3 Å². The number of amides is 2. The van der Waals surface area contributed by atoms with Crippen LogP contribution in [0.4, 0.5) is 5.69 Å². The van der Waals surface area contributed by atoms with E-state index in [-0.39, 0.29) is 25.2 Å². The second-order valence-electron chi connectivity index (χ2n) is 7.86. The number of carbonyl (C=O) groups is 2. The van der Waals surface area contributed by atoms with E-state index in [1.807, 2.05) is 41.3 Å². The molecule has 3 aliphatic heterocycles. The second-order valence-corrected chi connectivity index (χ2v) is 7.86. The minimum atomic E-state index is -0.698. The summed E-state index contributed by atoms with van der Waals surface area (Å²) in [5.74, 6) is 1.66. The van der Waals surface area contributed by atoms with Crippen LogP contribution in [0.15, 0.2) is 48.5 Å². The molecule has 5 rings (SSSR count). The third-order valence-corrected chi connectivity index (χ3v) is 5.80. The van der Waals surface area contributed by atoms with Crippen LogP contribution in [0.25, 0.3) is 6.08 Å². The average molecular weight is 420 g/mol. The summed E-state index contributed by atoms with van der Waals surface area (Å²) in [5.41, 5.74) is 1.51. The first-order valence-electron chi connectivity index (χ1n) is 10.6. The van der Waals surface area contributed by atoms with Crippen LogP contribution in [0.5, 0.6) is 17.2 Å². The molecule has 0 aliphatic carbocycles. The Morgan fingerprint density at radius 3 is 2.61 bits per heavy atom. The maximum Gasteiger partial charge on any atom is 0.265 e. The van der Waals surface area contributed by atoms with Gasteiger partial charge in [0.1, 0.15) is 5.75 Å². The Morgan fingerprint density at radius 1 is 0.935 bits per heavy atom. The summed E-state index contributed by atoms with van der Waals surface area (Å²) in [4.78, 5) is 29.6. The van der Waals surface area contributed by atoms with Crippen molar-refractivity contribution in [1.82, 2.24) is 4.90 Å². The van der Waals surface area contributed by atoms with Gasteiger partial charge >= 0.3 is 0 Å². The summed E-state index contributed by atoms with van der Waals surface area (Å²) in [7, 11) is 0. The molecule has 1 saturated heterocycles. The van der Waals surface area contributed by atoms with Gasteiger partial charge in [-0.15, -0.1) is 0 Å². The Balaban J connectivity index is 1.36. The second kappa shape index (κ2) is 8.34. The lowest BCUT2D eigenvalue weighted by molar-refractivity contribution is -0.139.